The smallest absolute Gasteiger partial charge is 0.192 e. The lowest BCUT2D eigenvalue weighted by atomic mass is 9.72. The molecule has 4 saturated heterocycles. The third kappa shape index (κ3) is 8.18. The fourth-order valence-electron chi connectivity index (χ4n) is 8.34. The van der Waals surface area contributed by atoms with E-state index < -0.39 is 153 Å². The molecule has 20 nitrogen and oxygen atoms in total. The van der Waals surface area contributed by atoms with Gasteiger partial charge in [0.25, 0.3) is 0 Å². The van der Waals surface area contributed by atoms with E-state index in [4.69, 9.17) is 33.2 Å². The summed E-state index contributed by atoms with van der Waals surface area (Å²) in [5, 5.41) is 137. The van der Waals surface area contributed by atoms with Crippen molar-refractivity contribution >= 4 is 0 Å². The minimum Gasteiger partial charge on any atom is -0.394 e. The maximum absolute atomic E-state index is 11.5. The number of hydrogen-bond acceptors (Lipinski definition) is 20. The summed E-state index contributed by atoms with van der Waals surface area (Å²) in [7, 11) is 0. The van der Waals surface area contributed by atoms with Crippen LogP contribution in [0.25, 0.3) is 0 Å². The summed E-state index contributed by atoms with van der Waals surface area (Å²) in [6.45, 7) is 0.605. The van der Waals surface area contributed by atoms with Crippen LogP contribution in [0.5, 0.6) is 0 Å². The van der Waals surface area contributed by atoms with Gasteiger partial charge in [-0.15, -0.1) is 0 Å². The van der Waals surface area contributed by atoms with E-state index in [1.54, 1.807) is 0 Å². The average molecular weight is 759 g/mol. The van der Waals surface area contributed by atoms with Crippen molar-refractivity contribution in [1.29, 1.82) is 0 Å². The lowest BCUT2D eigenvalue weighted by Gasteiger charge is -2.52. The fraction of sp³-hybridized carbons (Fsp3) is 1.00. The summed E-state index contributed by atoms with van der Waals surface area (Å²) in [6, 6.07) is 0. The van der Waals surface area contributed by atoms with Gasteiger partial charge in [0, 0.05) is 5.92 Å². The molecule has 20 heteroatoms. The minimum atomic E-state index is -2.00. The molecule has 6 fully saturated rings. The molecule has 4 heterocycles. The summed E-state index contributed by atoms with van der Waals surface area (Å²) in [5.74, 6) is -0.948. The van der Waals surface area contributed by atoms with Crippen molar-refractivity contribution in [2.24, 2.45) is 11.8 Å². The van der Waals surface area contributed by atoms with Gasteiger partial charge in [0.05, 0.1) is 55.4 Å². The number of aliphatic hydroxyl groups excluding tert-OH is 13. The Hall–Kier alpha value is -0.800. The highest BCUT2D eigenvalue weighted by molar-refractivity contribution is 5.00. The second kappa shape index (κ2) is 16.7. The number of rotatable bonds is 8. The molecule has 4 aliphatic heterocycles. The Morgan fingerprint density at radius 2 is 1.15 bits per heavy atom. The molecule has 2 saturated carbocycles. The molecule has 0 aromatic heterocycles. The molecule has 6 rings (SSSR count). The zero-order valence-corrected chi connectivity index (χ0v) is 28.5. The van der Waals surface area contributed by atoms with Gasteiger partial charge in [-0.1, -0.05) is 0 Å². The lowest BCUT2D eigenvalue weighted by Crippen LogP contribution is -2.66. The first kappa shape index (κ1) is 40.9. The first-order valence-corrected chi connectivity index (χ1v) is 17.9. The van der Waals surface area contributed by atoms with Crippen LogP contribution >= 0.6 is 0 Å². The van der Waals surface area contributed by atoms with Crippen LogP contribution in [0.15, 0.2) is 0 Å². The quantitative estimate of drug-likeness (QED) is 0.109. The highest BCUT2D eigenvalue weighted by atomic mass is 16.8. The number of fused-ring (bicyclic) bond motifs is 1. The summed E-state index contributed by atoms with van der Waals surface area (Å²) in [6.07, 6.45) is -31.0. The van der Waals surface area contributed by atoms with E-state index in [9.17, 15) is 66.4 Å². The predicted octanol–water partition coefficient (Wildman–Crippen LogP) is -6.38. The van der Waals surface area contributed by atoms with Gasteiger partial charge in [-0.25, -0.2) is 0 Å². The van der Waals surface area contributed by atoms with Crippen molar-refractivity contribution in [3.05, 3.63) is 0 Å². The Morgan fingerprint density at radius 3 is 1.83 bits per heavy atom. The molecule has 0 spiro atoms. The fourth-order valence-corrected chi connectivity index (χ4v) is 8.34. The van der Waals surface area contributed by atoms with Crippen molar-refractivity contribution in [3.63, 3.8) is 0 Å². The zero-order valence-electron chi connectivity index (χ0n) is 28.5. The third-order valence-corrected chi connectivity index (χ3v) is 11.5. The Kier molecular flexibility index (Phi) is 13.2. The van der Waals surface area contributed by atoms with E-state index in [2.05, 4.69) is 0 Å². The van der Waals surface area contributed by atoms with Crippen LogP contribution in [0, 0.1) is 11.8 Å². The zero-order chi connectivity index (χ0) is 37.8. The molecule has 24 atom stereocenters. The molecule has 0 radical (unpaired) electrons. The Balaban J connectivity index is 1.29. The van der Waals surface area contributed by atoms with Crippen LogP contribution < -0.4 is 0 Å². The standard InChI is InChI=1S/C32H54O20/c1-9-19(38)21(40)24(43)29(46-9)51-31-26(45)23(42)28(50-30-25(44)22(41)20(39)18(8-33)49-30)32(52-31)48-17-7-12-14(36)5-11(34)6-16(12)47-27(17)10-2-3-13(35)15(37)4-10/h9-45H,2-8H2,1H3. The van der Waals surface area contributed by atoms with Crippen LogP contribution in [0.4, 0.5) is 0 Å². The third-order valence-electron chi connectivity index (χ3n) is 11.5. The molecule has 6 aliphatic rings. The van der Waals surface area contributed by atoms with Gasteiger partial charge < -0.3 is 99.5 Å². The molecule has 0 aromatic carbocycles. The van der Waals surface area contributed by atoms with Crippen LogP contribution in [-0.2, 0) is 33.2 Å². The maximum atomic E-state index is 11.5. The van der Waals surface area contributed by atoms with Crippen LogP contribution in [0.3, 0.4) is 0 Å². The van der Waals surface area contributed by atoms with Gasteiger partial charge in [-0.05, 0) is 51.4 Å². The normalized spacial score (nSPS) is 56.2. The molecule has 0 amide bonds. The van der Waals surface area contributed by atoms with Gasteiger partial charge in [0.1, 0.15) is 61.0 Å². The van der Waals surface area contributed by atoms with Crippen LogP contribution in [0.2, 0.25) is 0 Å². The van der Waals surface area contributed by atoms with Crippen LogP contribution in [0.1, 0.15) is 45.4 Å². The number of hydrogen-bond donors (Lipinski definition) is 13. The molecule has 2 aliphatic carbocycles. The predicted molar refractivity (Wildman–Crippen MR) is 165 cm³/mol. The van der Waals surface area contributed by atoms with Gasteiger partial charge in [0.2, 0.25) is 0 Å². The summed E-state index contributed by atoms with van der Waals surface area (Å²) < 4.78 is 41.5. The second-order valence-electron chi connectivity index (χ2n) is 15.1. The van der Waals surface area contributed by atoms with Crippen molar-refractivity contribution in [2.45, 2.75) is 180 Å². The van der Waals surface area contributed by atoms with Gasteiger partial charge in [-0.3, -0.25) is 0 Å². The highest BCUT2D eigenvalue weighted by Gasteiger charge is 2.56. The average Bonchev–Trinajstić information content (AvgIpc) is 3.11. The second-order valence-corrected chi connectivity index (χ2v) is 15.1. The monoisotopic (exact) mass is 758 g/mol. The molecule has 302 valence electrons. The summed E-state index contributed by atoms with van der Waals surface area (Å²) >= 11 is 0. The van der Waals surface area contributed by atoms with Gasteiger partial charge >= 0.3 is 0 Å². The minimum absolute atomic E-state index is 0.0720. The molecule has 0 bridgehead atoms. The Bertz CT molecular complexity index is 1150. The van der Waals surface area contributed by atoms with E-state index in [0.29, 0.717) is 6.42 Å². The molecule has 52 heavy (non-hydrogen) atoms. The first-order chi connectivity index (χ1) is 24.6. The summed E-state index contributed by atoms with van der Waals surface area (Å²) in [4.78, 5) is 0. The van der Waals surface area contributed by atoms with Crippen molar-refractivity contribution in [3.8, 4) is 0 Å². The van der Waals surface area contributed by atoms with E-state index in [0.717, 1.165) is 0 Å². The lowest BCUT2D eigenvalue weighted by molar-refractivity contribution is -0.422. The Morgan fingerprint density at radius 1 is 0.519 bits per heavy atom. The highest BCUT2D eigenvalue weighted by Crippen LogP contribution is 2.44. The van der Waals surface area contributed by atoms with E-state index in [1.807, 2.05) is 0 Å². The van der Waals surface area contributed by atoms with Gasteiger partial charge in [0.15, 0.2) is 25.2 Å². The molecule has 0 aromatic rings. The maximum Gasteiger partial charge on any atom is 0.192 e. The van der Waals surface area contributed by atoms with Crippen molar-refractivity contribution in [1.82, 2.24) is 0 Å². The first-order valence-electron chi connectivity index (χ1n) is 17.9. The van der Waals surface area contributed by atoms with Crippen molar-refractivity contribution in [2.75, 3.05) is 6.61 Å². The number of ether oxygens (including phenoxy) is 7. The topological polar surface area (TPSA) is 328 Å². The molecule has 13 N–H and O–H groups in total. The van der Waals surface area contributed by atoms with E-state index >= 15 is 0 Å². The largest absolute Gasteiger partial charge is 0.394 e. The molecule has 24 unspecified atom stereocenters. The SMILES string of the molecule is CC1OC(OC2OC(OC3CC4C(O)CC(O)CC4OC3C3CCC(O)C(O)C3)C(OC3OC(CO)C(O)C(O)C3O)C(O)C2O)C(O)C(O)C1O. The van der Waals surface area contributed by atoms with E-state index in [1.165, 1.54) is 6.92 Å². The summed E-state index contributed by atoms with van der Waals surface area (Å²) in [5.41, 5.74) is 0. The molecular weight excluding hydrogens is 704 g/mol. The van der Waals surface area contributed by atoms with Gasteiger partial charge in [-0.2, -0.15) is 0 Å². The number of aliphatic hydroxyl groups is 13. The van der Waals surface area contributed by atoms with Crippen molar-refractivity contribution < 1.29 is 99.5 Å². The van der Waals surface area contributed by atoms with E-state index in [-0.39, 0.29) is 32.1 Å². The molecular formula is C32H54O20. The van der Waals surface area contributed by atoms with Crippen LogP contribution in [-0.4, -0.2) is 208 Å². The Labute approximate surface area is 298 Å².